The highest BCUT2D eigenvalue weighted by atomic mass is 19.4. The van der Waals surface area contributed by atoms with Crippen LogP contribution in [0.1, 0.15) is 21.5 Å². The van der Waals surface area contributed by atoms with Gasteiger partial charge in [0, 0.05) is 5.56 Å². The standard InChI is InChI=1S/C16H13F3O2/c1-11-9-13(21-10-12-5-3-2-4-6-12)7-8-14(11)15(20)16(17,18)19/h2-9H,10H2,1H3. The van der Waals surface area contributed by atoms with E-state index in [0.29, 0.717) is 12.4 Å². The summed E-state index contributed by atoms with van der Waals surface area (Å²) in [6.07, 6.45) is -4.86. The summed E-state index contributed by atoms with van der Waals surface area (Å²) in [6, 6.07) is 13.3. The van der Waals surface area contributed by atoms with Gasteiger partial charge in [-0.2, -0.15) is 13.2 Å². The van der Waals surface area contributed by atoms with Crippen molar-refractivity contribution < 1.29 is 22.7 Å². The Morgan fingerprint density at radius 2 is 1.76 bits per heavy atom. The first-order valence-corrected chi connectivity index (χ1v) is 6.27. The second kappa shape index (κ2) is 5.99. The van der Waals surface area contributed by atoms with E-state index in [-0.39, 0.29) is 11.1 Å². The molecule has 0 heterocycles. The summed E-state index contributed by atoms with van der Waals surface area (Å²) in [4.78, 5) is 11.2. The number of rotatable bonds is 4. The Morgan fingerprint density at radius 3 is 2.33 bits per heavy atom. The van der Waals surface area contributed by atoms with Gasteiger partial charge in [0.15, 0.2) is 0 Å². The minimum atomic E-state index is -4.86. The van der Waals surface area contributed by atoms with Gasteiger partial charge >= 0.3 is 6.18 Å². The molecule has 0 aliphatic heterocycles. The minimum absolute atomic E-state index is 0.239. The predicted octanol–water partition coefficient (Wildman–Crippen LogP) is 4.32. The van der Waals surface area contributed by atoms with Crippen LogP contribution in [0.3, 0.4) is 0 Å². The quantitative estimate of drug-likeness (QED) is 0.785. The van der Waals surface area contributed by atoms with E-state index in [2.05, 4.69) is 0 Å². The molecule has 0 unspecified atom stereocenters. The van der Waals surface area contributed by atoms with Crippen molar-refractivity contribution >= 4 is 5.78 Å². The second-order valence-corrected chi connectivity index (χ2v) is 4.58. The van der Waals surface area contributed by atoms with Gasteiger partial charge in [-0.1, -0.05) is 30.3 Å². The zero-order chi connectivity index (χ0) is 15.5. The summed E-state index contributed by atoms with van der Waals surface area (Å²) in [5.41, 5.74) is 0.836. The van der Waals surface area contributed by atoms with Gasteiger partial charge in [-0.05, 0) is 36.2 Å². The van der Waals surface area contributed by atoms with Crippen LogP contribution in [-0.2, 0) is 6.61 Å². The van der Waals surface area contributed by atoms with E-state index in [1.54, 1.807) is 0 Å². The minimum Gasteiger partial charge on any atom is -0.489 e. The number of alkyl halides is 3. The smallest absolute Gasteiger partial charge is 0.454 e. The van der Waals surface area contributed by atoms with Crippen LogP contribution in [0.4, 0.5) is 13.2 Å². The fourth-order valence-corrected chi connectivity index (χ4v) is 1.87. The Hall–Kier alpha value is -2.30. The van der Waals surface area contributed by atoms with Gasteiger partial charge in [-0.3, -0.25) is 4.79 Å². The zero-order valence-corrected chi connectivity index (χ0v) is 11.3. The maximum Gasteiger partial charge on any atom is 0.454 e. The first kappa shape index (κ1) is 15.1. The van der Waals surface area contributed by atoms with E-state index in [9.17, 15) is 18.0 Å². The van der Waals surface area contributed by atoms with Crippen molar-refractivity contribution in [2.75, 3.05) is 0 Å². The number of halogens is 3. The van der Waals surface area contributed by atoms with Gasteiger partial charge < -0.3 is 4.74 Å². The average Bonchev–Trinajstić information content (AvgIpc) is 2.45. The van der Waals surface area contributed by atoms with Crippen LogP contribution in [-0.4, -0.2) is 12.0 Å². The summed E-state index contributed by atoms with van der Waals surface area (Å²) in [6.45, 7) is 1.77. The number of carbonyl (C=O) groups excluding carboxylic acids is 1. The molecule has 21 heavy (non-hydrogen) atoms. The van der Waals surface area contributed by atoms with E-state index >= 15 is 0 Å². The number of benzene rings is 2. The molecule has 0 spiro atoms. The van der Waals surface area contributed by atoms with E-state index in [4.69, 9.17) is 4.74 Å². The van der Waals surface area contributed by atoms with Gasteiger partial charge in [0.1, 0.15) is 12.4 Å². The Bertz CT molecular complexity index is 634. The van der Waals surface area contributed by atoms with E-state index < -0.39 is 12.0 Å². The van der Waals surface area contributed by atoms with Gasteiger partial charge in [0.25, 0.3) is 5.78 Å². The third-order valence-electron chi connectivity index (χ3n) is 2.95. The molecule has 0 amide bonds. The number of hydrogen-bond donors (Lipinski definition) is 0. The van der Waals surface area contributed by atoms with E-state index in [1.165, 1.54) is 19.1 Å². The molecule has 0 atom stereocenters. The lowest BCUT2D eigenvalue weighted by atomic mass is 10.0. The highest BCUT2D eigenvalue weighted by Crippen LogP contribution is 2.26. The number of hydrogen-bond acceptors (Lipinski definition) is 2. The molecule has 0 radical (unpaired) electrons. The summed E-state index contributed by atoms with van der Waals surface area (Å²) in [5, 5.41) is 0. The zero-order valence-electron chi connectivity index (χ0n) is 11.3. The number of Topliss-reactive ketones (excluding diaryl/α,β-unsaturated/α-hetero) is 1. The highest BCUT2D eigenvalue weighted by molar-refractivity contribution is 6.01. The molecule has 0 saturated carbocycles. The van der Waals surface area contributed by atoms with Crippen molar-refractivity contribution in [2.24, 2.45) is 0 Å². The van der Waals surface area contributed by atoms with Gasteiger partial charge in [0.2, 0.25) is 0 Å². The number of ketones is 1. The third-order valence-corrected chi connectivity index (χ3v) is 2.95. The van der Waals surface area contributed by atoms with Crippen LogP contribution >= 0.6 is 0 Å². The first-order valence-electron chi connectivity index (χ1n) is 6.27. The summed E-state index contributed by atoms with van der Waals surface area (Å²) in [7, 11) is 0. The first-order chi connectivity index (χ1) is 9.88. The van der Waals surface area contributed by atoms with E-state index in [1.807, 2.05) is 30.3 Å². The average molecular weight is 294 g/mol. The summed E-state index contributed by atoms with van der Waals surface area (Å²) >= 11 is 0. The van der Waals surface area contributed by atoms with Crippen molar-refractivity contribution in [1.29, 1.82) is 0 Å². The Labute approximate surface area is 120 Å². The third kappa shape index (κ3) is 3.84. The Balaban J connectivity index is 2.11. The van der Waals surface area contributed by atoms with Crippen LogP contribution < -0.4 is 4.74 Å². The summed E-state index contributed by atoms with van der Waals surface area (Å²) < 4.78 is 42.7. The highest BCUT2D eigenvalue weighted by Gasteiger charge is 2.39. The normalized spacial score (nSPS) is 11.2. The number of carbonyl (C=O) groups is 1. The largest absolute Gasteiger partial charge is 0.489 e. The number of aryl methyl sites for hydroxylation is 1. The molecular weight excluding hydrogens is 281 g/mol. The van der Waals surface area contributed by atoms with Crippen molar-refractivity contribution in [3.63, 3.8) is 0 Å². The molecule has 0 bridgehead atoms. The predicted molar refractivity (Wildman–Crippen MR) is 72.3 cm³/mol. The molecule has 0 aromatic heterocycles. The molecule has 0 aliphatic carbocycles. The van der Waals surface area contributed by atoms with E-state index in [0.717, 1.165) is 11.6 Å². The fourth-order valence-electron chi connectivity index (χ4n) is 1.87. The van der Waals surface area contributed by atoms with Gasteiger partial charge in [0.05, 0.1) is 0 Å². The summed E-state index contributed by atoms with van der Waals surface area (Å²) in [5.74, 6) is -1.41. The van der Waals surface area contributed by atoms with Crippen molar-refractivity contribution in [3.8, 4) is 5.75 Å². The fraction of sp³-hybridized carbons (Fsp3) is 0.188. The van der Waals surface area contributed by atoms with Crippen molar-refractivity contribution in [3.05, 3.63) is 65.2 Å². The molecule has 5 heteroatoms. The van der Waals surface area contributed by atoms with Gasteiger partial charge in [-0.25, -0.2) is 0 Å². The molecule has 0 aliphatic rings. The van der Waals surface area contributed by atoms with Crippen LogP contribution in [0, 0.1) is 6.92 Å². The van der Waals surface area contributed by atoms with Crippen LogP contribution in [0.15, 0.2) is 48.5 Å². The molecule has 110 valence electrons. The SMILES string of the molecule is Cc1cc(OCc2ccccc2)ccc1C(=O)C(F)(F)F. The second-order valence-electron chi connectivity index (χ2n) is 4.58. The molecule has 0 saturated heterocycles. The maximum absolute atomic E-state index is 12.4. The molecule has 0 fully saturated rings. The molecular formula is C16H13F3O2. The Morgan fingerprint density at radius 1 is 1.10 bits per heavy atom. The van der Waals surface area contributed by atoms with Gasteiger partial charge in [-0.15, -0.1) is 0 Å². The van der Waals surface area contributed by atoms with Crippen LogP contribution in [0.5, 0.6) is 5.75 Å². The lowest BCUT2D eigenvalue weighted by Gasteiger charge is -2.11. The lowest BCUT2D eigenvalue weighted by molar-refractivity contribution is -0.0885. The van der Waals surface area contributed by atoms with Crippen molar-refractivity contribution in [2.45, 2.75) is 19.7 Å². The monoisotopic (exact) mass is 294 g/mol. The maximum atomic E-state index is 12.4. The topological polar surface area (TPSA) is 26.3 Å². The van der Waals surface area contributed by atoms with Crippen molar-refractivity contribution in [1.82, 2.24) is 0 Å². The van der Waals surface area contributed by atoms with Crippen LogP contribution in [0.25, 0.3) is 0 Å². The van der Waals surface area contributed by atoms with Crippen LogP contribution in [0.2, 0.25) is 0 Å². The molecule has 2 rings (SSSR count). The number of ether oxygens (including phenoxy) is 1. The molecule has 2 aromatic carbocycles. The molecule has 2 nitrogen and oxygen atoms in total. The molecule has 0 N–H and O–H groups in total. The molecule has 2 aromatic rings. The Kier molecular flexibility index (Phi) is 4.31. The lowest BCUT2D eigenvalue weighted by Crippen LogP contribution is -2.23.